The van der Waals surface area contributed by atoms with Crippen molar-refractivity contribution in [2.45, 2.75) is 12.5 Å². The van der Waals surface area contributed by atoms with E-state index in [1.807, 2.05) is 24.3 Å². The lowest BCUT2D eigenvalue weighted by atomic mass is 10.1. The molecule has 1 saturated carbocycles. The van der Waals surface area contributed by atoms with Gasteiger partial charge in [-0.25, -0.2) is 0 Å². The molecule has 3 unspecified atom stereocenters. The molecule has 1 aromatic rings. The third-order valence-corrected chi connectivity index (χ3v) is 3.46. The maximum atomic E-state index is 11.9. The summed E-state index contributed by atoms with van der Waals surface area (Å²) in [6.07, 6.45) is 0.441. The number of ether oxygens (including phenoxy) is 1. The highest BCUT2D eigenvalue weighted by molar-refractivity contribution is 5.89. The van der Waals surface area contributed by atoms with Crippen LogP contribution >= 0.6 is 0 Å². The van der Waals surface area contributed by atoms with E-state index in [4.69, 9.17) is 9.84 Å². The van der Waals surface area contributed by atoms with Crippen LogP contribution < -0.4 is 10.1 Å². The number of carboxylic acids is 1. The average Bonchev–Trinajstić information content (AvgIpc) is 3.08. The molecular weight excluding hydrogens is 234 g/mol. The van der Waals surface area contributed by atoms with E-state index in [-0.39, 0.29) is 17.9 Å². The van der Waals surface area contributed by atoms with Crippen LogP contribution in [0.2, 0.25) is 0 Å². The number of carbonyl (C=O) groups excluding carboxylic acids is 1. The van der Waals surface area contributed by atoms with E-state index < -0.39 is 11.9 Å². The minimum absolute atomic E-state index is 0.163. The van der Waals surface area contributed by atoms with Gasteiger partial charge in [-0.1, -0.05) is 18.2 Å². The van der Waals surface area contributed by atoms with Crippen molar-refractivity contribution in [2.24, 2.45) is 11.8 Å². The summed E-state index contributed by atoms with van der Waals surface area (Å²) < 4.78 is 5.46. The van der Waals surface area contributed by atoms with E-state index in [1.165, 1.54) is 0 Å². The Balaban J connectivity index is 1.65. The molecule has 2 aliphatic rings. The van der Waals surface area contributed by atoms with Crippen LogP contribution in [0.25, 0.3) is 0 Å². The Morgan fingerprint density at radius 3 is 2.78 bits per heavy atom. The van der Waals surface area contributed by atoms with Crippen molar-refractivity contribution in [1.82, 2.24) is 5.32 Å². The zero-order valence-electron chi connectivity index (χ0n) is 9.63. The van der Waals surface area contributed by atoms with E-state index >= 15 is 0 Å². The first kappa shape index (κ1) is 11.1. The maximum absolute atomic E-state index is 11.9. The van der Waals surface area contributed by atoms with Crippen LogP contribution in [0.3, 0.4) is 0 Å². The molecule has 0 radical (unpaired) electrons. The minimum atomic E-state index is -0.891. The highest BCUT2D eigenvalue weighted by Gasteiger charge is 2.49. The van der Waals surface area contributed by atoms with Crippen LogP contribution in [0.1, 0.15) is 18.0 Å². The van der Waals surface area contributed by atoms with E-state index in [0.717, 1.165) is 11.3 Å². The second-order valence-electron chi connectivity index (χ2n) is 4.70. The van der Waals surface area contributed by atoms with Gasteiger partial charge in [0.05, 0.1) is 17.9 Å². The number of nitrogens with one attached hydrogen (secondary N) is 1. The summed E-state index contributed by atoms with van der Waals surface area (Å²) in [6.45, 7) is 0.412. The maximum Gasteiger partial charge on any atom is 0.307 e. The molecule has 5 heteroatoms. The molecule has 1 amide bonds. The number of hydrogen-bond acceptors (Lipinski definition) is 3. The molecular formula is C13H13NO4. The van der Waals surface area contributed by atoms with Gasteiger partial charge in [0.15, 0.2) is 0 Å². The summed E-state index contributed by atoms with van der Waals surface area (Å²) in [6, 6.07) is 7.38. The molecule has 94 valence electrons. The Bertz CT molecular complexity index is 513. The fourth-order valence-corrected chi connectivity index (χ4v) is 2.32. The first-order valence-electron chi connectivity index (χ1n) is 5.91. The lowest BCUT2D eigenvalue weighted by molar-refractivity contribution is -0.140. The van der Waals surface area contributed by atoms with Crippen molar-refractivity contribution in [3.63, 3.8) is 0 Å². The molecule has 3 rings (SSSR count). The highest BCUT2D eigenvalue weighted by Crippen LogP contribution is 2.40. The van der Waals surface area contributed by atoms with Crippen molar-refractivity contribution in [2.75, 3.05) is 6.61 Å². The van der Waals surface area contributed by atoms with Crippen molar-refractivity contribution >= 4 is 11.9 Å². The Morgan fingerprint density at radius 2 is 2.06 bits per heavy atom. The Morgan fingerprint density at radius 1 is 1.28 bits per heavy atom. The number of rotatable bonds is 3. The number of para-hydroxylation sites is 1. The van der Waals surface area contributed by atoms with Crippen LogP contribution in [0.4, 0.5) is 0 Å². The first-order chi connectivity index (χ1) is 8.66. The third kappa shape index (κ3) is 1.81. The SMILES string of the molecule is O=C(O)C1CC1C(=O)NC1COc2ccccc21. The molecule has 3 atom stereocenters. The molecule has 18 heavy (non-hydrogen) atoms. The van der Waals surface area contributed by atoms with Crippen LogP contribution in [-0.2, 0) is 9.59 Å². The third-order valence-electron chi connectivity index (χ3n) is 3.46. The van der Waals surface area contributed by atoms with Crippen molar-refractivity contribution in [1.29, 1.82) is 0 Å². The lowest BCUT2D eigenvalue weighted by Crippen LogP contribution is -2.31. The Kier molecular flexibility index (Phi) is 2.47. The van der Waals surface area contributed by atoms with Gasteiger partial charge in [-0.05, 0) is 12.5 Å². The topological polar surface area (TPSA) is 75.6 Å². The molecule has 1 aliphatic heterocycles. The first-order valence-corrected chi connectivity index (χ1v) is 5.91. The van der Waals surface area contributed by atoms with E-state index in [1.54, 1.807) is 0 Å². The Hall–Kier alpha value is -2.04. The van der Waals surface area contributed by atoms with Gasteiger partial charge >= 0.3 is 5.97 Å². The van der Waals surface area contributed by atoms with Gasteiger partial charge < -0.3 is 15.2 Å². The van der Waals surface area contributed by atoms with Crippen LogP contribution in [0.15, 0.2) is 24.3 Å². The second kappa shape index (κ2) is 4.01. The Labute approximate surface area is 104 Å². The number of carbonyl (C=O) groups is 2. The van der Waals surface area contributed by atoms with E-state index in [9.17, 15) is 9.59 Å². The highest BCUT2D eigenvalue weighted by atomic mass is 16.5. The fraction of sp³-hybridized carbons (Fsp3) is 0.385. The molecule has 0 spiro atoms. The van der Waals surface area contributed by atoms with Crippen molar-refractivity contribution in [3.05, 3.63) is 29.8 Å². The number of hydrogen-bond donors (Lipinski definition) is 2. The monoisotopic (exact) mass is 247 g/mol. The lowest BCUT2D eigenvalue weighted by Gasteiger charge is -2.11. The van der Waals surface area contributed by atoms with E-state index in [0.29, 0.717) is 13.0 Å². The van der Waals surface area contributed by atoms with Gasteiger partial charge in [-0.3, -0.25) is 9.59 Å². The zero-order valence-corrected chi connectivity index (χ0v) is 9.63. The van der Waals surface area contributed by atoms with E-state index in [2.05, 4.69) is 5.32 Å². The summed E-state index contributed by atoms with van der Waals surface area (Å²) >= 11 is 0. The van der Waals surface area contributed by atoms with Crippen molar-refractivity contribution < 1.29 is 19.4 Å². The molecule has 0 saturated heterocycles. The quantitative estimate of drug-likeness (QED) is 0.834. The fourth-order valence-electron chi connectivity index (χ4n) is 2.32. The molecule has 0 aromatic heterocycles. The smallest absolute Gasteiger partial charge is 0.307 e. The molecule has 1 aromatic carbocycles. The number of amides is 1. The van der Waals surface area contributed by atoms with Crippen LogP contribution in [0.5, 0.6) is 5.75 Å². The summed E-state index contributed by atoms with van der Waals surface area (Å²) in [4.78, 5) is 22.6. The molecule has 1 heterocycles. The average molecular weight is 247 g/mol. The molecule has 1 aliphatic carbocycles. The van der Waals surface area contributed by atoms with Gasteiger partial charge in [0.2, 0.25) is 5.91 Å². The van der Waals surface area contributed by atoms with Gasteiger partial charge in [0, 0.05) is 5.56 Å². The second-order valence-corrected chi connectivity index (χ2v) is 4.70. The van der Waals surface area contributed by atoms with Gasteiger partial charge in [-0.2, -0.15) is 0 Å². The predicted molar refractivity (Wildman–Crippen MR) is 62.1 cm³/mol. The predicted octanol–water partition coefficient (Wildman–Crippen LogP) is 0.957. The number of carboxylic acid groups (broad SMARTS) is 1. The van der Waals surface area contributed by atoms with Crippen LogP contribution in [-0.4, -0.2) is 23.6 Å². The zero-order chi connectivity index (χ0) is 12.7. The normalized spacial score (nSPS) is 28.1. The minimum Gasteiger partial charge on any atom is -0.491 e. The number of aliphatic carboxylic acids is 1. The summed E-state index contributed by atoms with van der Waals surface area (Å²) in [5.41, 5.74) is 0.957. The molecule has 0 bridgehead atoms. The van der Waals surface area contributed by atoms with Crippen molar-refractivity contribution in [3.8, 4) is 5.75 Å². The van der Waals surface area contributed by atoms with Gasteiger partial charge in [0.1, 0.15) is 12.4 Å². The van der Waals surface area contributed by atoms with Gasteiger partial charge in [-0.15, -0.1) is 0 Å². The molecule has 5 nitrogen and oxygen atoms in total. The standard InChI is InChI=1S/C13H13NO4/c15-12(8-5-9(8)13(16)17)14-10-6-18-11-4-2-1-3-7(10)11/h1-4,8-10H,5-6H2,(H,14,15)(H,16,17). The van der Waals surface area contributed by atoms with Gasteiger partial charge in [0.25, 0.3) is 0 Å². The molecule has 2 N–H and O–H groups in total. The summed E-state index contributed by atoms with van der Waals surface area (Å²) in [7, 11) is 0. The largest absolute Gasteiger partial charge is 0.491 e. The number of benzene rings is 1. The summed E-state index contributed by atoms with van der Waals surface area (Å²) in [5, 5.41) is 11.6. The number of fused-ring (bicyclic) bond motifs is 1. The molecule has 1 fully saturated rings. The van der Waals surface area contributed by atoms with Crippen LogP contribution in [0, 0.1) is 11.8 Å². The summed E-state index contributed by atoms with van der Waals surface area (Å²) in [5.74, 6) is -1.18.